The summed E-state index contributed by atoms with van der Waals surface area (Å²) in [6, 6.07) is 13.6. The van der Waals surface area contributed by atoms with Crippen molar-refractivity contribution in [3.63, 3.8) is 0 Å². The first-order valence-corrected chi connectivity index (χ1v) is 7.44. The molecule has 2 aromatic rings. The second-order valence-corrected chi connectivity index (χ2v) is 5.55. The van der Waals surface area contributed by atoms with Gasteiger partial charge in [-0.15, -0.1) is 0 Å². The van der Waals surface area contributed by atoms with Crippen LogP contribution in [0.15, 0.2) is 54.6 Å². The molecule has 0 amide bonds. The molecule has 0 bridgehead atoms. The lowest BCUT2D eigenvalue weighted by molar-refractivity contribution is 0.0697. The Morgan fingerprint density at radius 2 is 1.48 bits per heavy atom. The molecule has 0 saturated heterocycles. The topological polar surface area (TPSA) is 104 Å². The summed E-state index contributed by atoms with van der Waals surface area (Å²) in [5, 5.41) is 8.87. The van der Waals surface area contributed by atoms with Gasteiger partial charge in [-0.05, 0) is 23.3 Å². The number of nitrogens with one attached hydrogen (secondary N) is 1. The van der Waals surface area contributed by atoms with E-state index in [1.807, 2.05) is 0 Å². The van der Waals surface area contributed by atoms with Gasteiger partial charge in [0, 0.05) is 0 Å². The Morgan fingerprint density at radius 3 is 1.95 bits per heavy atom. The van der Waals surface area contributed by atoms with Crippen LogP contribution >= 0.6 is 0 Å². The van der Waals surface area contributed by atoms with E-state index in [2.05, 4.69) is 4.72 Å². The molecule has 2 aromatic carbocycles. The van der Waals surface area contributed by atoms with Gasteiger partial charge in [0.15, 0.2) is 0 Å². The normalized spacial score (nSPS) is 12.8. The molecule has 2 rings (SSSR count). The average molecular weight is 307 g/mol. The molecule has 0 radical (unpaired) electrons. The summed E-state index contributed by atoms with van der Waals surface area (Å²) in [6.45, 7) is 0. The molecular formula is C14H13NO5S. The molecule has 21 heavy (non-hydrogen) atoms. The largest absolute Gasteiger partial charge is 0.478 e. The Balaban J connectivity index is 2.42. The van der Waals surface area contributed by atoms with Gasteiger partial charge in [0.1, 0.15) is 0 Å². The van der Waals surface area contributed by atoms with Gasteiger partial charge in [-0.25, -0.2) is 4.79 Å². The van der Waals surface area contributed by atoms with Crippen LogP contribution in [0.1, 0.15) is 27.5 Å². The van der Waals surface area contributed by atoms with Crippen LogP contribution in [0, 0.1) is 0 Å². The molecule has 110 valence electrons. The highest BCUT2D eigenvalue weighted by Gasteiger charge is 2.19. The fourth-order valence-electron chi connectivity index (χ4n) is 1.94. The Morgan fingerprint density at radius 1 is 0.952 bits per heavy atom. The number of hydrogen-bond donors (Lipinski definition) is 3. The van der Waals surface area contributed by atoms with E-state index in [0.29, 0.717) is 11.1 Å². The molecule has 0 saturated carbocycles. The molecular weight excluding hydrogens is 294 g/mol. The molecule has 0 aliphatic rings. The van der Waals surface area contributed by atoms with Gasteiger partial charge in [0.2, 0.25) is 0 Å². The van der Waals surface area contributed by atoms with Crippen LogP contribution in [-0.4, -0.2) is 24.0 Å². The molecule has 1 unspecified atom stereocenters. The third-order valence-electron chi connectivity index (χ3n) is 2.89. The second-order valence-electron chi connectivity index (χ2n) is 4.36. The highest BCUT2D eigenvalue weighted by molar-refractivity contribution is 7.83. The fourth-order valence-corrected chi connectivity index (χ4v) is 2.51. The van der Waals surface area contributed by atoms with Crippen LogP contribution in [-0.2, 0) is 10.3 Å². The molecule has 0 spiro atoms. The van der Waals surface area contributed by atoms with E-state index in [0.717, 1.165) is 0 Å². The molecule has 0 heterocycles. The van der Waals surface area contributed by atoms with Gasteiger partial charge in [-0.1, -0.05) is 42.5 Å². The third kappa shape index (κ3) is 4.12. The highest BCUT2D eigenvalue weighted by Crippen LogP contribution is 2.23. The number of aromatic carboxylic acids is 1. The number of carboxylic acids is 1. The monoisotopic (exact) mass is 307 g/mol. The maximum atomic E-state index is 11.1. The first kappa shape index (κ1) is 15.2. The van der Waals surface area contributed by atoms with Gasteiger partial charge in [0.05, 0.1) is 11.6 Å². The number of rotatable bonds is 5. The van der Waals surface area contributed by atoms with Crippen LogP contribution in [0.3, 0.4) is 0 Å². The summed E-state index contributed by atoms with van der Waals surface area (Å²) in [5.41, 5.74) is 1.24. The number of benzene rings is 2. The predicted molar refractivity (Wildman–Crippen MR) is 76.4 cm³/mol. The zero-order valence-corrected chi connectivity index (χ0v) is 11.6. The summed E-state index contributed by atoms with van der Waals surface area (Å²) in [6.07, 6.45) is 0. The Labute approximate surface area is 121 Å². The maximum Gasteiger partial charge on any atom is 0.335 e. The summed E-state index contributed by atoms with van der Waals surface area (Å²) in [4.78, 5) is 10.8. The van der Waals surface area contributed by atoms with E-state index in [4.69, 9.17) is 9.66 Å². The van der Waals surface area contributed by atoms with Gasteiger partial charge < -0.3 is 5.11 Å². The van der Waals surface area contributed by atoms with E-state index in [1.54, 1.807) is 30.3 Å². The number of hydrogen-bond acceptors (Lipinski definition) is 3. The van der Waals surface area contributed by atoms with Crippen molar-refractivity contribution in [3.8, 4) is 0 Å². The molecule has 1 atom stereocenters. The van der Waals surface area contributed by atoms with Crippen molar-refractivity contribution in [1.82, 2.24) is 4.72 Å². The van der Waals surface area contributed by atoms with Crippen molar-refractivity contribution < 1.29 is 22.9 Å². The minimum absolute atomic E-state index is 0.0948. The summed E-state index contributed by atoms with van der Waals surface area (Å²) in [5.74, 6) is -1.07. The Hall–Kier alpha value is -2.22. The molecule has 0 aliphatic heterocycles. The first-order valence-electron chi connectivity index (χ1n) is 6.00. The Kier molecular flexibility index (Phi) is 4.37. The lowest BCUT2D eigenvalue weighted by atomic mass is 9.99. The second kappa shape index (κ2) is 6.04. The smallest absolute Gasteiger partial charge is 0.335 e. The van der Waals surface area contributed by atoms with E-state index in [9.17, 15) is 13.2 Å². The van der Waals surface area contributed by atoms with Crippen molar-refractivity contribution in [3.05, 3.63) is 71.3 Å². The van der Waals surface area contributed by atoms with Gasteiger partial charge in [-0.3, -0.25) is 4.55 Å². The van der Waals surface area contributed by atoms with E-state index >= 15 is 0 Å². The molecule has 0 aliphatic carbocycles. The Bertz CT molecular complexity index is 726. The fraction of sp³-hybridized carbons (Fsp3) is 0.0714. The van der Waals surface area contributed by atoms with Crippen molar-refractivity contribution in [1.29, 1.82) is 0 Å². The van der Waals surface area contributed by atoms with Crippen molar-refractivity contribution in [2.45, 2.75) is 6.04 Å². The summed E-state index contributed by atoms with van der Waals surface area (Å²) < 4.78 is 33.4. The van der Waals surface area contributed by atoms with Crippen LogP contribution < -0.4 is 4.72 Å². The minimum Gasteiger partial charge on any atom is -0.478 e. The third-order valence-corrected chi connectivity index (χ3v) is 3.42. The van der Waals surface area contributed by atoms with Crippen LogP contribution in [0.2, 0.25) is 0 Å². The van der Waals surface area contributed by atoms with Crippen molar-refractivity contribution in [2.75, 3.05) is 0 Å². The lowest BCUT2D eigenvalue weighted by Crippen LogP contribution is -2.28. The van der Waals surface area contributed by atoms with Gasteiger partial charge in [0.25, 0.3) is 0 Å². The number of carboxylic acid groups (broad SMARTS) is 1. The molecule has 6 nitrogen and oxygen atoms in total. The zero-order chi connectivity index (χ0) is 15.5. The quantitative estimate of drug-likeness (QED) is 0.732. The predicted octanol–water partition coefficient (Wildman–Crippen LogP) is 1.87. The zero-order valence-electron chi connectivity index (χ0n) is 10.8. The SMILES string of the molecule is O=C(O)c1ccc(C(NS(=O)(=O)O)c2ccccc2)cc1. The summed E-state index contributed by atoms with van der Waals surface area (Å²) in [7, 11) is -4.41. The van der Waals surface area contributed by atoms with Crippen LogP contribution in [0.4, 0.5) is 0 Å². The van der Waals surface area contributed by atoms with Crippen molar-refractivity contribution in [2.24, 2.45) is 0 Å². The molecule has 0 fully saturated rings. The standard InChI is InChI=1S/C14H13NO5S/c16-14(17)12-8-6-11(7-9-12)13(15-21(18,19)20)10-4-2-1-3-5-10/h1-9,13,15H,(H,16,17)(H,18,19,20). The van der Waals surface area contributed by atoms with Crippen LogP contribution in [0.5, 0.6) is 0 Å². The van der Waals surface area contributed by atoms with E-state index in [1.165, 1.54) is 24.3 Å². The van der Waals surface area contributed by atoms with E-state index < -0.39 is 22.3 Å². The summed E-state index contributed by atoms with van der Waals surface area (Å²) >= 11 is 0. The molecule has 7 heteroatoms. The van der Waals surface area contributed by atoms with Gasteiger partial charge in [-0.2, -0.15) is 13.1 Å². The first-order chi connectivity index (χ1) is 9.87. The highest BCUT2D eigenvalue weighted by atomic mass is 32.2. The van der Waals surface area contributed by atoms with E-state index in [-0.39, 0.29) is 5.56 Å². The minimum atomic E-state index is -4.41. The van der Waals surface area contributed by atoms with Crippen LogP contribution in [0.25, 0.3) is 0 Å². The molecule has 0 aromatic heterocycles. The average Bonchev–Trinajstić information content (AvgIpc) is 2.45. The molecule has 3 N–H and O–H groups in total. The van der Waals surface area contributed by atoms with Gasteiger partial charge >= 0.3 is 16.3 Å². The maximum absolute atomic E-state index is 11.1. The number of carbonyl (C=O) groups is 1. The van der Waals surface area contributed by atoms with Crippen molar-refractivity contribution >= 4 is 16.3 Å². The lowest BCUT2D eigenvalue weighted by Gasteiger charge is -2.18.